The molecule has 0 atom stereocenters. The van der Waals surface area contributed by atoms with E-state index in [2.05, 4.69) is 15.6 Å². The van der Waals surface area contributed by atoms with Gasteiger partial charge < -0.3 is 15.1 Å². The van der Waals surface area contributed by atoms with Crippen LogP contribution in [0, 0.1) is 0 Å². The van der Waals surface area contributed by atoms with Crippen molar-refractivity contribution in [2.45, 2.75) is 17.9 Å². The van der Waals surface area contributed by atoms with Gasteiger partial charge in [0.2, 0.25) is 0 Å². The Kier molecular flexibility index (Phi) is 8.26. The Balaban J connectivity index is 0.00000288. The smallest absolute Gasteiger partial charge is 0.191 e. The normalized spacial score (nSPS) is 11.7. The molecule has 1 heterocycles. The van der Waals surface area contributed by atoms with Gasteiger partial charge in [0.1, 0.15) is 5.76 Å². The number of rotatable bonds is 6. The third-order valence-electron chi connectivity index (χ3n) is 3.28. The predicted octanol–water partition coefficient (Wildman–Crippen LogP) is 2.21. The maximum Gasteiger partial charge on any atom is 0.191 e. The summed E-state index contributed by atoms with van der Waals surface area (Å²) in [5.41, 5.74) is 0.978. The van der Waals surface area contributed by atoms with Gasteiger partial charge in [0.05, 0.1) is 11.2 Å². The van der Waals surface area contributed by atoms with Crippen LogP contribution in [0.1, 0.15) is 11.3 Å². The fourth-order valence-electron chi connectivity index (χ4n) is 2.02. The molecule has 1 aromatic carbocycles. The van der Waals surface area contributed by atoms with E-state index in [9.17, 15) is 8.42 Å². The molecule has 0 aliphatic carbocycles. The first-order valence-corrected chi connectivity index (χ1v) is 9.14. The van der Waals surface area contributed by atoms with Crippen molar-refractivity contribution in [2.75, 3.05) is 19.8 Å². The van der Waals surface area contributed by atoms with Gasteiger partial charge in [-0.25, -0.2) is 8.42 Å². The molecule has 0 radical (unpaired) electrons. The minimum Gasteiger partial charge on any atom is -0.469 e. The molecule has 1 aromatic heterocycles. The van der Waals surface area contributed by atoms with Crippen molar-refractivity contribution in [1.82, 2.24) is 10.6 Å². The average Bonchev–Trinajstić information content (AvgIpc) is 3.03. The molecule has 2 N–H and O–H groups in total. The van der Waals surface area contributed by atoms with Crippen molar-refractivity contribution in [3.05, 3.63) is 54.0 Å². The van der Waals surface area contributed by atoms with E-state index in [0.29, 0.717) is 23.9 Å². The summed E-state index contributed by atoms with van der Waals surface area (Å²) in [6.45, 7) is 1.27. The maximum atomic E-state index is 11.4. The van der Waals surface area contributed by atoms with E-state index in [1.807, 2.05) is 12.1 Å². The zero-order valence-corrected chi connectivity index (χ0v) is 16.8. The summed E-state index contributed by atoms with van der Waals surface area (Å²) in [4.78, 5) is 4.47. The third-order valence-corrected chi connectivity index (χ3v) is 4.41. The highest BCUT2D eigenvalue weighted by molar-refractivity contribution is 14.0. The lowest BCUT2D eigenvalue weighted by Gasteiger charge is -2.11. The molecule has 2 aromatic rings. The van der Waals surface area contributed by atoms with E-state index in [1.165, 1.54) is 6.26 Å². The van der Waals surface area contributed by atoms with Crippen molar-refractivity contribution in [3.63, 3.8) is 0 Å². The Morgan fingerprint density at radius 2 is 1.88 bits per heavy atom. The predicted molar refractivity (Wildman–Crippen MR) is 106 cm³/mol. The van der Waals surface area contributed by atoms with Crippen LogP contribution in [0.15, 0.2) is 57.0 Å². The summed E-state index contributed by atoms with van der Waals surface area (Å²) < 4.78 is 28.1. The van der Waals surface area contributed by atoms with E-state index in [1.54, 1.807) is 37.6 Å². The summed E-state index contributed by atoms with van der Waals surface area (Å²) in [6, 6.07) is 10.6. The number of benzene rings is 1. The Morgan fingerprint density at radius 1 is 1.17 bits per heavy atom. The molecule has 0 amide bonds. The molecule has 24 heavy (non-hydrogen) atoms. The van der Waals surface area contributed by atoms with Crippen LogP contribution in [0.3, 0.4) is 0 Å². The van der Waals surface area contributed by atoms with Crippen LogP contribution in [0.5, 0.6) is 0 Å². The van der Waals surface area contributed by atoms with Crippen LogP contribution in [0.25, 0.3) is 0 Å². The lowest BCUT2D eigenvalue weighted by molar-refractivity contribution is 0.507. The number of hydrogen-bond donors (Lipinski definition) is 2. The highest BCUT2D eigenvalue weighted by Gasteiger charge is 2.06. The van der Waals surface area contributed by atoms with Crippen LogP contribution < -0.4 is 10.6 Å². The number of nitrogens with one attached hydrogen (secondary N) is 2. The Labute approximate surface area is 159 Å². The number of nitrogens with zero attached hydrogens (tertiary/aromatic N) is 1. The molecule has 0 bridgehead atoms. The first-order valence-electron chi connectivity index (χ1n) is 7.25. The fourth-order valence-corrected chi connectivity index (χ4v) is 2.65. The summed E-state index contributed by atoms with van der Waals surface area (Å²) in [6.07, 6.45) is 3.63. The summed E-state index contributed by atoms with van der Waals surface area (Å²) >= 11 is 0. The molecule has 2 rings (SSSR count). The minimum absolute atomic E-state index is 0. The van der Waals surface area contributed by atoms with Crippen molar-refractivity contribution in [1.29, 1.82) is 0 Å². The van der Waals surface area contributed by atoms with Gasteiger partial charge in [-0.15, -0.1) is 24.0 Å². The zero-order chi connectivity index (χ0) is 16.7. The molecule has 8 heteroatoms. The molecule has 0 aliphatic rings. The van der Waals surface area contributed by atoms with Crippen molar-refractivity contribution in [3.8, 4) is 0 Å². The minimum atomic E-state index is -3.15. The molecular formula is C16H22IN3O3S. The van der Waals surface area contributed by atoms with E-state index in [4.69, 9.17) is 4.42 Å². The summed E-state index contributed by atoms with van der Waals surface area (Å²) in [5.74, 6) is 1.60. The van der Waals surface area contributed by atoms with Gasteiger partial charge in [0, 0.05) is 32.8 Å². The van der Waals surface area contributed by atoms with Gasteiger partial charge in [-0.3, -0.25) is 4.99 Å². The van der Waals surface area contributed by atoms with Crippen molar-refractivity contribution >= 4 is 39.8 Å². The number of furan rings is 1. The van der Waals surface area contributed by atoms with Crippen molar-refractivity contribution in [2.24, 2.45) is 4.99 Å². The van der Waals surface area contributed by atoms with E-state index in [0.717, 1.165) is 17.7 Å². The van der Waals surface area contributed by atoms with Crippen LogP contribution in [0.2, 0.25) is 0 Å². The Morgan fingerprint density at radius 3 is 2.42 bits per heavy atom. The van der Waals surface area contributed by atoms with Crippen molar-refractivity contribution < 1.29 is 12.8 Å². The van der Waals surface area contributed by atoms with Gasteiger partial charge in [-0.05, 0) is 29.8 Å². The first kappa shape index (κ1) is 20.5. The Bertz CT molecular complexity index is 741. The molecule has 0 saturated heterocycles. The maximum absolute atomic E-state index is 11.4. The summed E-state index contributed by atoms with van der Waals surface area (Å²) in [5, 5.41) is 6.38. The van der Waals surface area contributed by atoms with Gasteiger partial charge >= 0.3 is 0 Å². The highest BCUT2D eigenvalue weighted by Crippen LogP contribution is 2.10. The monoisotopic (exact) mass is 463 g/mol. The van der Waals surface area contributed by atoms with Crippen LogP contribution in [0.4, 0.5) is 0 Å². The lowest BCUT2D eigenvalue weighted by atomic mass is 10.2. The second-order valence-electron chi connectivity index (χ2n) is 5.10. The second-order valence-corrected chi connectivity index (χ2v) is 7.11. The fraction of sp³-hybridized carbons (Fsp3) is 0.312. The van der Waals surface area contributed by atoms with Gasteiger partial charge in [-0.1, -0.05) is 12.1 Å². The molecular weight excluding hydrogens is 441 g/mol. The van der Waals surface area contributed by atoms with Crippen LogP contribution in [-0.4, -0.2) is 34.2 Å². The number of sulfone groups is 1. The van der Waals surface area contributed by atoms with Gasteiger partial charge in [-0.2, -0.15) is 0 Å². The standard InChI is InChI=1S/C16H21N3O3S.HI/c1-17-16(18-10-9-14-4-3-11-22-14)19-12-13-5-7-15(8-6-13)23(2,20)21;/h3-8,11H,9-10,12H2,1-2H3,(H2,17,18,19);1H. The van der Waals surface area contributed by atoms with Crippen LogP contribution >= 0.6 is 24.0 Å². The van der Waals surface area contributed by atoms with E-state index >= 15 is 0 Å². The zero-order valence-electron chi connectivity index (χ0n) is 13.7. The first-order chi connectivity index (χ1) is 11.0. The number of guanidine groups is 1. The van der Waals surface area contributed by atoms with Crippen LogP contribution in [-0.2, 0) is 22.8 Å². The number of hydrogen-bond acceptors (Lipinski definition) is 4. The Hall–Kier alpha value is -1.55. The topological polar surface area (TPSA) is 83.7 Å². The molecule has 132 valence electrons. The van der Waals surface area contributed by atoms with Gasteiger partial charge in [0.15, 0.2) is 15.8 Å². The van der Waals surface area contributed by atoms with E-state index in [-0.39, 0.29) is 24.0 Å². The van der Waals surface area contributed by atoms with Gasteiger partial charge in [0.25, 0.3) is 0 Å². The largest absolute Gasteiger partial charge is 0.469 e. The molecule has 0 unspecified atom stereocenters. The molecule has 0 saturated carbocycles. The number of halogens is 1. The number of aliphatic imine (C=N–C) groups is 1. The molecule has 6 nitrogen and oxygen atoms in total. The summed E-state index contributed by atoms with van der Waals surface area (Å²) in [7, 11) is -1.45. The quantitative estimate of drug-likeness (QED) is 0.390. The molecule has 0 aliphatic heterocycles. The second kappa shape index (κ2) is 9.67. The SMILES string of the molecule is CN=C(NCCc1ccco1)NCc1ccc(S(C)(=O)=O)cc1.I. The molecule has 0 fully saturated rings. The average molecular weight is 463 g/mol. The third kappa shape index (κ3) is 6.52. The molecule has 0 spiro atoms. The lowest BCUT2D eigenvalue weighted by Crippen LogP contribution is -2.37. The highest BCUT2D eigenvalue weighted by atomic mass is 127. The van der Waals surface area contributed by atoms with E-state index < -0.39 is 9.84 Å².